The molecular formula is C10H9BrClF3N2O. The number of ether oxygens (including phenoxy) is 1. The van der Waals surface area contributed by atoms with E-state index in [1.807, 2.05) is 0 Å². The summed E-state index contributed by atoms with van der Waals surface area (Å²) in [5, 5.41) is -0.189. The second-order valence-electron chi connectivity index (χ2n) is 3.73. The first-order chi connectivity index (χ1) is 8.39. The predicted molar refractivity (Wildman–Crippen MR) is 65.0 cm³/mol. The van der Waals surface area contributed by atoms with Crippen LogP contribution < -0.4 is 4.90 Å². The smallest absolute Gasteiger partial charge is 0.378 e. The van der Waals surface area contributed by atoms with Gasteiger partial charge in [-0.3, -0.25) is 0 Å². The number of halogens is 5. The summed E-state index contributed by atoms with van der Waals surface area (Å²) in [5.41, 5.74) is -0.816. The van der Waals surface area contributed by atoms with Crippen LogP contribution in [0.2, 0.25) is 5.15 Å². The van der Waals surface area contributed by atoms with E-state index in [4.69, 9.17) is 16.3 Å². The van der Waals surface area contributed by atoms with Gasteiger partial charge in [0.15, 0.2) is 0 Å². The first-order valence-electron chi connectivity index (χ1n) is 5.15. The molecule has 1 fully saturated rings. The average Bonchev–Trinajstić information content (AvgIpc) is 2.32. The van der Waals surface area contributed by atoms with Crippen LogP contribution in [0.3, 0.4) is 0 Å². The summed E-state index contributed by atoms with van der Waals surface area (Å²) in [6.07, 6.45) is -4.47. The standard InChI is InChI=1S/C10H9BrClF3N2O/c11-8-6(10(13,14)15)5-7(16-9(8)12)17-1-3-18-4-2-17/h5H,1-4H2. The first-order valence-corrected chi connectivity index (χ1v) is 6.32. The lowest BCUT2D eigenvalue weighted by Gasteiger charge is -2.28. The number of nitrogens with zero attached hydrogens (tertiary/aromatic N) is 2. The van der Waals surface area contributed by atoms with E-state index in [0.717, 1.165) is 6.07 Å². The maximum atomic E-state index is 12.8. The third-order valence-electron chi connectivity index (χ3n) is 2.54. The van der Waals surface area contributed by atoms with E-state index in [0.29, 0.717) is 26.3 Å². The van der Waals surface area contributed by atoms with E-state index < -0.39 is 11.7 Å². The lowest BCUT2D eigenvalue weighted by atomic mass is 10.2. The normalized spacial score (nSPS) is 17.1. The minimum Gasteiger partial charge on any atom is -0.378 e. The Morgan fingerprint density at radius 2 is 1.94 bits per heavy atom. The van der Waals surface area contributed by atoms with E-state index in [1.165, 1.54) is 0 Å². The second-order valence-corrected chi connectivity index (χ2v) is 4.88. The first kappa shape index (κ1) is 13.9. The van der Waals surface area contributed by atoms with Crippen molar-refractivity contribution in [3.05, 3.63) is 21.3 Å². The van der Waals surface area contributed by atoms with E-state index in [9.17, 15) is 13.2 Å². The summed E-state index contributed by atoms with van der Waals surface area (Å²) in [6, 6.07) is 1.00. The van der Waals surface area contributed by atoms with Crippen LogP contribution in [-0.4, -0.2) is 31.3 Å². The van der Waals surface area contributed by atoms with Crippen LogP contribution in [0.25, 0.3) is 0 Å². The molecule has 0 bridgehead atoms. The van der Waals surface area contributed by atoms with Crippen molar-refractivity contribution in [3.63, 3.8) is 0 Å². The van der Waals surface area contributed by atoms with Crippen LogP contribution in [0.15, 0.2) is 10.5 Å². The minimum absolute atomic E-state index is 0.189. The summed E-state index contributed by atoms with van der Waals surface area (Å²) < 4.78 is 43.4. The molecule has 100 valence electrons. The van der Waals surface area contributed by atoms with Crippen molar-refractivity contribution in [3.8, 4) is 0 Å². The summed E-state index contributed by atoms with van der Waals surface area (Å²) >= 11 is 8.54. The fraction of sp³-hybridized carbons (Fsp3) is 0.500. The molecule has 2 heterocycles. The summed E-state index contributed by atoms with van der Waals surface area (Å²) in [4.78, 5) is 5.68. The van der Waals surface area contributed by atoms with Gasteiger partial charge in [-0.2, -0.15) is 13.2 Å². The highest BCUT2D eigenvalue weighted by atomic mass is 79.9. The van der Waals surface area contributed by atoms with Gasteiger partial charge in [0.25, 0.3) is 0 Å². The van der Waals surface area contributed by atoms with Gasteiger partial charge in [-0.25, -0.2) is 4.98 Å². The molecule has 0 unspecified atom stereocenters. The van der Waals surface area contributed by atoms with Gasteiger partial charge in [-0.15, -0.1) is 0 Å². The quantitative estimate of drug-likeness (QED) is 0.730. The third kappa shape index (κ3) is 2.89. The van der Waals surface area contributed by atoms with Gasteiger partial charge in [0.1, 0.15) is 11.0 Å². The Morgan fingerprint density at radius 3 is 2.50 bits per heavy atom. The second kappa shape index (κ2) is 5.22. The number of alkyl halides is 3. The fourth-order valence-corrected chi connectivity index (χ4v) is 2.26. The highest BCUT2D eigenvalue weighted by molar-refractivity contribution is 9.10. The van der Waals surface area contributed by atoms with Crippen molar-refractivity contribution < 1.29 is 17.9 Å². The molecule has 1 aliphatic heterocycles. The van der Waals surface area contributed by atoms with Gasteiger partial charge in [0, 0.05) is 13.1 Å². The zero-order valence-corrected chi connectivity index (χ0v) is 11.4. The van der Waals surface area contributed by atoms with E-state index in [2.05, 4.69) is 20.9 Å². The van der Waals surface area contributed by atoms with Crippen molar-refractivity contribution in [1.29, 1.82) is 0 Å². The molecule has 8 heteroatoms. The number of morpholine rings is 1. The number of rotatable bonds is 1. The van der Waals surface area contributed by atoms with Crippen molar-refractivity contribution in [2.75, 3.05) is 31.2 Å². The topological polar surface area (TPSA) is 25.4 Å². The van der Waals surface area contributed by atoms with Crippen molar-refractivity contribution >= 4 is 33.3 Å². The Hall–Kier alpha value is -0.530. The number of pyridine rings is 1. The maximum absolute atomic E-state index is 12.8. The van der Waals surface area contributed by atoms with E-state index >= 15 is 0 Å². The molecular weight excluding hydrogens is 336 g/mol. The fourth-order valence-electron chi connectivity index (χ4n) is 1.65. The van der Waals surface area contributed by atoms with Gasteiger partial charge < -0.3 is 9.64 Å². The lowest BCUT2D eigenvalue weighted by Crippen LogP contribution is -2.37. The van der Waals surface area contributed by atoms with Crippen LogP contribution in [-0.2, 0) is 10.9 Å². The number of hydrogen-bond donors (Lipinski definition) is 0. The molecule has 0 radical (unpaired) electrons. The minimum atomic E-state index is -4.47. The Balaban J connectivity index is 2.40. The highest BCUT2D eigenvalue weighted by Crippen LogP contribution is 2.39. The van der Waals surface area contributed by atoms with Gasteiger partial charge >= 0.3 is 6.18 Å². The molecule has 0 aliphatic carbocycles. The SMILES string of the molecule is FC(F)(F)c1cc(N2CCOCC2)nc(Cl)c1Br. The van der Waals surface area contributed by atoms with Crippen molar-refractivity contribution in [2.45, 2.75) is 6.18 Å². The largest absolute Gasteiger partial charge is 0.417 e. The van der Waals surface area contributed by atoms with Crippen LogP contribution >= 0.6 is 27.5 Å². The Labute approximate surface area is 115 Å². The van der Waals surface area contributed by atoms with Crippen LogP contribution in [0.5, 0.6) is 0 Å². The maximum Gasteiger partial charge on any atom is 0.417 e. The number of anilines is 1. The third-order valence-corrected chi connectivity index (χ3v) is 3.85. The zero-order chi connectivity index (χ0) is 13.3. The van der Waals surface area contributed by atoms with Gasteiger partial charge in [0.05, 0.1) is 23.2 Å². The van der Waals surface area contributed by atoms with Gasteiger partial charge in [-0.1, -0.05) is 11.6 Å². The molecule has 1 aromatic rings. The Morgan fingerprint density at radius 1 is 1.33 bits per heavy atom. The predicted octanol–water partition coefficient (Wildman–Crippen LogP) is 3.35. The summed E-state index contributed by atoms with van der Waals surface area (Å²) in [5.74, 6) is 0.221. The van der Waals surface area contributed by atoms with E-state index in [-0.39, 0.29) is 15.4 Å². The highest BCUT2D eigenvalue weighted by Gasteiger charge is 2.35. The molecule has 0 aromatic carbocycles. The molecule has 1 aromatic heterocycles. The van der Waals surface area contributed by atoms with Crippen LogP contribution in [0, 0.1) is 0 Å². The molecule has 18 heavy (non-hydrogen) atoms. The summed E-state index contributed by atoms with van der Waals surface area (Å²) in [6.45, 7) is 1.94. The molecule has 0 N–H and O–H groups in total. The summed E-state index contributed by atoms with van der Waals surface area (Å²) in [7, 11) is 0. The van der Waals surface area contributed by atoms with Gasteiger partial charge in [-0.05, 0) is 22.0 Å². The number of hydrogen-bond acceptors (Lipinski definition) is 3. The van der Waals surface area contributed by atoms with Crippen molar-refractivity contribution in [2.24, 2.45) is 0 Å². The molecule has 1 saturated heterocycles. The monoisotopic (exact) mass is 344 g/mol. The molecule has 0 spiro atoms. The molecule has 1 aliphatic rings. The van der Waals surface area contributed by atoms with Gasteiger partial charge in [0.2, 0.25) is 0 Å². The molecule has 0 saturated carbocycles. The average molecular weight is 346 g/mol. The molecule has 3 nitrogen and oxygen atoms in total. The van der Waals surface area contributed by atoms with Crippen molar-refractivity contribution in [1.82, 2.24) is 4.98 Å². The lowest BCUT2D eigenvalue weighted by molar-refractivity contribution is -0.138. The molecule has 0 atom stereocenters. The van der Waals surface area contributed by atoms with Crippen LogP contribution in [0.1, 0.15) is 5.56 Å². The Kier molecular flexibility index (Phi) is 4.03. The molecule has 2 rings (SSSR count). The molecule has 0 amide bonds. The van der Waals surface area contributed by atoms with E-state index in [1.54, 1.807) is 4.90 Å². The zero-order valence-electron chi connectivity index (χ0n) is 9.10. The number of aromatic nitrogens is 1. The van der Waals surface area contributed by atoms with Crippen LogP contribution in [0.4, 0.5) is 19.0 Å². The Bertz CT molecular complexity index is 449.